The molecule has 2 aromatic rings. The largest absolute Gasteiger partial charge is 0.493 e. The van der Waals surface area contributed by atoms with Crippen molar-refractivity contribution in [2.75, 3.05) is 21.3 Å². The number of hydrogen-bond donors (Lipinski definition) is 0. The lowest BCUT2D eigenvalue weighted by Gasteiger charge is -2.11. The summed E-state index contributed by atoms with van der Waals surface area (Å²) < 4.78 is 14.7. The van der Waals surface area contributed by atoms with Crippen molar-refractivity contribution in [3.8, 4) is 17.6 Å². The SMILES string of the molecule is COC(=O)c1cnc(C(C#N)=C(Cl)c2cc(OC)c(OC)c([N+](=O)[O-])c2)cn1. The van der Waals surface area contributed by atoms with Gasteiger partial charge in [-0.25, -0.2) is 9.78 Å². The van der Waals surface area contributed by atoms with E-state index in [-0.39, 0.29) is 44.7 Å². The first-order chi connectivity index (χ1) is 13.4. The molecule has 0 saturated heterocycles. The van der Waals surface area contributed by atoms with Gasteiger partial charge in [-0.15, -0.1) is 0 Å². The van der Waals surface area contributed by atoms with Crippen LogP contribution in [0.5, 0.6) is 11.5 Å². The predicted octanol–water partition coefficient (Wildman–Crippen LogP) is 2.82. The molecule has 1 heterocycles. The minimum atomic E-state index is -0.692. The van der Waals surface area contributed by atoms with Crippen LogP contribution in [0.2, 0.25) is 0 Å². The van der Waals surface area contributed by atoms with Crippen molar-refractivity contribution in [2.24, 2.45) is 0 Å². The Kier molecular flexibility index (Phi) is 6.46. The lowest BCUT2D eigenvalue weighted by molar-refractivity contribution is -0.385. The molecular formula is C17H13ClN4O6. The zero-order chi connectivity index (χ0) is 20.8. The molecule has 0 N–H and O–H groups in total. The van der Waals surface area contributed by atoms with Gasteiger partial charge in [-0.1, -0.05) is 11.6 Å². The number of carbonyl (C=O) groups is 1. The van der Waals surface area contributed by atoms with E-state index in [1.165, 1.54) is 33.6 Å². The Labute approximate surface area is 164 Å². The molecule has 144 valence electrons. The van der Waals surface area contributed by atoms with E-state index in [2.05, 4.69) is 14.7 Å². The first kappa shape index (κ1) is 20.6. The van der Waals surface area contributed by atoms with E-state index in [9.17, 15) is 20.2 Å². The summed E-state index contributed by atoms with van der Waals surface area (Å²) >= 11 is 6.32. The molecule has 1 aromatic carbocycles. The van der Waals surface area contributed by atoms with Gasteiger partial charge >= 0.3 is 11.7 Å². The summed E-state index contributed by atoms with van der Waals surface area (Å²) in [6.07, 6.45) is 2.29. The number of nitro benzene ring substituents is 1. The third kappa shape index (κ3) is 3.99. The van der Waals surface area contributed by atoms with E-state index in [0.717, 1.165) is 12.3 Å². The molecule has 2 rings (SSSR count). The average Bonchev–Trinajstić information content (AvgIpc) is 2.72. The van der Waals surface area contributed by atoms with Crippen molar-refractivity contribution < 1.29 is 23.9 Å². The first-order valence-corrected chi connectivity index (χ1v) is 7.87. The van der Waals surface area contributed by atoms with Gasteiger partial charge in [0, 0.05) is 11.6 Å². The molecular weight excluding hydrogens is 392 g/mol. The molecule has 0 aliphatic heterocycles. The van der Waals surface area contributed by atoms with E-state index in [1.54, 1.807) is 0 Å². The number of benzene rings is 1. The molecule has 0 spiro atoms. The maximum absolute atomic E-state index is 11.4. The molecule has 0 aliphatic carbocycles. The lowest BCUT2D eigenvalue weighted by Crippen LogP contribution is -2.05. The van der Waals surface area contributed by atoms with Crippen LogP contribution < -0.4 is 9.47 Å². The van der Waals surface area contributed by atoms with Crippen LogP contribution in [0.25, 0.3) is 10.6 Å². The number of aromatic nitrogens is 2. The molecule has 0 bridgehead atoms. The number of esters is 1. The summed E-state index contributed by atoms with van der Waals surface area (Å²) in [5.74, 6) is -0.709. The molecule has 10 nitrogen and oxygen atoms in total. The van der Waals surface area contributed by atoms with Gasteiger partial charge in [0.25, 0.3) is 0 Å². The van der Waals surface area contributed by atoms with Crippen LogP contribution in [-0.2, 0) is 4.74 Å². The van der Waals surface area contributed by atoms with Crippen molar-refractivity contribution in [2.45, 2.75) is 0 Å². The van der Waals surface area contributed by atoms with E-state index in [4.69, 9.17) is 21.1 Å². The predicted molar refractivity (Wildman–Crippen MR) is 97.9 cm³/mol. The number of allylic oxidation sites excluding steroid dienone is 1. The lowest BCUT2D eigenvalue weighted by atomic mass is 10.1. The number of nitriles is 1. The van der Waals surface area contributed by atoms with Crippen molar-refractivity contribution >= 4 is 33.9 Å². The Morgan fingerprint density at radius 2 is 1.82 bits per heavy atom. The smallest absolute Gasteiger partial charge is 0.358 e. The Morgan fingerprint density at radius 1 is 1.18 bits per heavy atom. The molecule has 0 fully saturated rings. The Bertz CT molecular complexity index is 998. The third-order valence-electron chi connectivity index (χ3n) is 3.54. The van der Waals surface area contributed by atoms with Crippen LogP contribution in [0.3, 0.4) is 0 Å². The molecule has 0 unspecified atom stereocenters. The standard InChI is InChI=1S/C17H13ClN4O6/c1-26-14-5-9(4-13(22(24)25)16(14)27-2)15(18)10(6-19)11-7-21-12(8-20-11)17(23)28-3/h4-5,7-8H,1-3H3. The van der Waals surface area contributed by atoms with Crippen LogP contribution in [0.15, 0.2) is 24.5 Å². The number of nitrogens with zero attached hydrogens (tertiary/aromatic N) is 4. The first-order valence-electron chi connectivity index (χ1n) is 7.49. The number of carbonyl (C=O) groups excluding carboxylic acids is 1. The van der Waals surface area contributed by atoms with Crippen LogP contribution in [0.4, 0.5) is 5.69 Å². The topological polar surface area (TPSA) is 137 Å². The van der Waals surface area contributed by atoms with Crippen molar-refractivity contribution in [1.29, 1.82) is 5.26 Å². The fraction of sp³-hybridized carbons (Fsp3) is 0.176. The minimum Gasteiger partial charge on any atom is -0.493 e. The molecule has 0 atom stereocenters. The second-order valence-corrected chi connectivity index (χ2v) is 5.45. The summed E-state index contributed by atoms with van der Waals surface area (Å²) in [6.45, 7) is 0. The van der Waals surface area contributed by atoms with Crippen LogP contribution >= 0.6 is 11.6 Å². The molecule has 1 aromatic heterocycles. The Morgan fingerprint density at radius 3 is 2.29 bits per heavy atom. The van der Waals surface area contributed by atoms with E-state index in [1.807, 2.05) is 6.07 Å². The summed E-state index contributed by atoms with van der Waals surface area (Å²) in [4.78, 5) is 30.0. The number of ether oxygens (including phenoxy) is 3. The highest BCUT2D eigenvalue weighted by Gasteiger charge is 2.24. The fourth-order valence-electron chi connectivity index (χ4n) is 2.24. The highest BCUT2D eigenvalue weighted by atomic mass is 35.5. The maximum atomic E-state index is 11.4. The van der Waals surface area contributed by atoms with Crippen molar-refractivity contribution in [3.05, 3.63) is 51.6 Å². The maximum Gasteiger partial charge on any atom is 0.358 e. The second kappa shape index (κ2) is 8.79. The Hall–Kier alpha value is -3.71. The third-order valence-corrected chi connectivity index (χ3v) is 3.95. The molecule has 11 heteroatoms. The summed E-state index contributed by atoms with van der Waals surface area (Å²) in [5.41, 5.74) is -0.341. The monoisotopic (exact) mass is 404 g/mol. The summed E-state index contributed by atoms with van der Waals surface area (Å²) in [6, 6.07) is 4.42. The van der Waals surface area contributed by atoms with Crippen LogP contribution in [0, 0.1) is 21.4 Å². The van der Waals surface area contributed by atoms with Crippen LogP contribution in [0.1, 0.15) is 21.7 Å². The van der Waals surface area contributed by atoms with Gasteiger partial charge in [-0.3, -0.25) is 15.1 Å². The fourth-order valence-corrected chi connectivity index (χ4v) is 2.49. The van der Waals surface area contributed by atoms with E-state index >= 15 is 0 Å². The van der Waals surface area contributed by atoms with Gasteiger partial charge in [-0.2, -0.15) is 5.26 Å². The van der Waals surface area contributed by atoms with Crippen LogP contribution in [-0.4, -0.2) is 42.2 Å². The normalized spacial score (nSPS) is 11.1. The van der Waals surface area contributed by atoms with E-state index < -0.39 is 10.9 Å². The summed E-state index contributed by atoms with van der Waals surface area (Å²) in [7, 11) is 3.77. The highest BCUT2D eigenvalue weighted by Crippen LogP contribution is 2.41. The second-order valence-electron chi connectivity index (χ2n) is 5.07. The zero-order valence-corrected chi connectivity index (χ0v) is 15.7. The zero-order valence-electron chi connectivity index (χ0n) is 14.9. The molecule has 28 heavy (non-hydrogen) atoms. The van der Waals surface area contributed by atoms with Gasteiger partial charge < -0.3 is 14.2 Å². The quantitative estimate of drug-likeness (QED) is 0.308. The number of rotatable bonds is 6. The van der Waals surface area contributed by atoms with Gasteiger partial charge in [0.2, 0.25) is 5.75 Å². The number of hydrogen-bond acceptors (Lipinski definition) is 9. The Balaban J connectivity index is 2.63. The van der Waals surface area contributed by atoms with E-state index in [0.29, 0.717) is 0 Å². The van der Waals surface area contributed by atoms with Gasteiger partial charge in [0.05, 0.1) is 49.3 Å². The van der Waals surface area contributed by atoms with Crippen molar-refractivity contribution in [3.63, 3.8) is 0 Å². The molecule has 0 amide bonds. The number of methoxy groups -OCH3 is 3. The number of nitro groups is 1. The van der Waals surface area contributed by atoms with Gasteiger partial charge in [0.1, 0.15) is 11.8 Å². The molecule has 0 radical (unpaired) electrons. The van der Waals surface area contributed by atoms with Gasteiger partial charge in [0.15, 0.2) is 11.4 Å². The highest BCUT2D eigenvalue weighted by molar-refractivity contribution is 6.53. The molecule has 0 aliphatic rings. The number of halogens is 1. The summed E-state index contributed by atoms with van der Waals surface area (Å²) in [5, 5.41) is 20.7. The van der Waals surface area contributed by atoms with Gasteiger partial charge in [-0.05, 0) is 6.07 Å². The minimum absolute atomic E-state index is 0.0542. The molecule has 0 saturated carbocycles. The average molecular weight is 405 g/mol. The van der Waals surface area contributed by atoms with Crippen molar-refractivity contribution in [1.82, 2.24) is 9.97 Å².